The molecule has 0 aliphatic rings. The van der Waals surface area contributed by atoms with E-state index in [1.54, 1.807) is 6.92 Å². The SMILES string of the molecule is CCO.COOc1ccccc1. The summed E-state index contributed by atoms with van der Waals surface area (Å²) in [5.74, 6) is 0.722. The van der Waals surface area contributed by atoms with Crippen LogP contribution >= 0.6 is 0 Å². The number of benzene rings is 1. The van der Waals surface area contributed by atoms with Gasteiger partial charge in [-0.25, -0.2) is 0 Å². The van der Waals surface area contributed by atoms with Crippen LogP contribution in [0.3, 0.4) is 0 Å². The van der Waals surface area contributed by atoms with E-state index in [4.69, 9.17) is 9.99 Å². The lowest BCUT2D eigenvalue weighted by Crippen LogP contribution is -1.88. The lowest BCUT2D eigenvalue weighted by molar-refractivity contribution is -0.178. The zero-order valence-electron chi connectivity index (χ0n) is 7.36. The van der Waals surface area contributed by atoms with E-state index >= 15 is 0 Å². The smallest absolute Gasteiger partial charge is 0.165 e. The van der Waals surface area contributed by atoms with E-state index < -0.39 is 0 Å². The van der Waals surface area contributed by atoms with Crippen molar-refractivity contribution in [3.8, 4) is 5.75 Å². The van der Waals surface area contributed by atoms with Gasteiger partial charge in [-0.15, -0.1) is 0 Å². The van der Waals surface area contributed by atoms with Crippen LogP contribution in [0.4, 0.5) is 0 Å². The third-order valence-electron chi connectivity index (χ3n) is 0.923. The maximum Gasteiger partial charge on any atom is 0.165 e. The molecule has 0 saturated carbocycles. The Labute approximate surface area is 72.5 Å². The summed E-state index contributed by atoms with van der Waals surface area (Å²) >= 11 is 0. The Morgan fingerprint density at radius 2 is 1.75 bits per heavy atom. The fraction of sp³-hybridized carbons (Fsp3) is 0.333. The summed E-state index contributed by atoms with van der Waals surface area (Å²) in [7, 11) is 1.48. The molecule has 0 saturated heterocycles. The quantitative estimate of drug-likeness (QED) is 0.541. The summed E-state index contributed by atoms with van der Waals surface area (Å²) in [4.78, 5) is 9.13. The van der Waals surface area contributed by atoms with Crippen molar-refractivity contribution in [1.29, 1.82) is 0 Å². The molecule has 3 nitrogen and oxygen atoms in total. The summed E-state index contributed by atoms with van der Waals surface area (Å²) in [6.07, 6.45) is 0. The Morgan fingerprint density at radius 3 is 2.17 bits per heavy atom. The number of aliphatic hydroxyl groups is 1. The fourth-order valence-corrected chi connectivity index (χ4v) is 0.572. The van der Waals surface area contributed by atoms with Gasteiger partial charge in [0.05, 0.1) is 7.11 Å². The largest absolute Gasteiger partial charge is 0.397 e. The predicted molar refractivity (Wildman–Crippen MR) is 46.8 cm³/mol. The number of para-hydroxylation sites is 1. The Balaban J connectivity index is 0.000000354. The molecule has 0 aliphatic carbocycles. The van der Waals surface area contributed by atoms with Gasteiger partial charge in [0.25, 0.3) is 0 Å². The van der Waals surface area contributed by atoms with Crippen LogP contribution in [0.2, 0.25) is 0 Å². The molecule has 3 heteroatoms. The number of hydrogen-bond acceptors (Lipinski definition) is 3. The zero-order chi connectivity index (χ0) is 9.23. The third kappa shape index (κ3) is 5.70. The van der Waals surface area contributed by atoms with Gasteiger partial charge >= 0.3 is 0 Å². The first-order valence-corrected chi connectivity index (χ1v) is 3.71. The maximum absolute atomic E-state index is 7.57. The van der Waals surface area contributed by atoms with Crippen LogP contribution in [0.1, 0.15) is 6.92 Å². The lowest BCUT2D eigenvalue weighted by atomic mass is 10.3. The topological polar surface area (TPSA) is 38.7 Å². The number of hydrogen-bond donors (Lipinski definition) is 1. The summed E-state index contributed by atoms with van der Waals surface area (Å²) in [5, 5.41) is 7.57. The summed E-state index contributed by atoms with van der Waals surface area (Å²) in [6, 6.07) is 9.33. The first-order valence-electron chi connectivity index (χ1n) is 3.71. The molecule has 68 valence electrons. The minimum Gasteiger partial charge on any atom is -0.397 e. The second-order valence-corrected chi connectivity index (χ2v) is 1.88. The average Bonchev–Trinajstić information content (AvgIpc) is 2.08. The molecule has 0 aromatic heterocycles. The van der Waals surface area contributed by atoms with Crippen molar-refractivity contribution < 1.29 is 14.9 Å². The first kappa shape index (κ1) is 10.9. The molecular formula is C9H14O3. The summed E-state index contributed by atoms with van der Waals surface area (Å²) in [5.41, 5.74) is 0. The molecule has 0 heterocycles. The molecule has 0 unspecified atom stereocenters. The maximum atomic E-state index is 7.57. The van der Waals surface area contributed by atoms with E-state index in [1.165, 1.54) is 7.11 Å². The monoisotopic (exact) mass is 170 g/mol. The highest BCUT2D eigenvalue weighted by Gasteiger charge is 1.85. The van der Waals surface area contributed by atoms with E-state index in [1.807, 2.05) is 30.3 Å². The highest BCUT2D eigenvalue weighted by Crippen LogP contribution is 2.07. The van der Waals surface area contributed by atoms with E-state index in [9.17, 15) is 0 Å². The van der Waals surface area contributed by atoms with Gasteiger partial charge in [0.1, 0.15) is 0 Å². The van der Waals surface area contributed by atoms with Crippen LogP contribution in [0.15, 0.2) is 30.3 Å². The van der Waals surface area contributed by atoms with Gasteiger partial charge in [-0.05, 0) is 19.1 Å². The number of rotatable bonds is 2. The van der Waals surface area contributed by atoms with Gasteiger partial charge in [0.2, 0.25) is 0 Å². The van der Waals surface area contributed by atoms with Crippen LogP contribution in [0.5, 0.6) is 5.75 Å². The van der Waals surface area contributed by atoms with Crippen LogP contribution in [0.25, 0.3) is 0 Å². The van der Waals surface area contributed by atoms with Crippen molar-refractivity contribution in [1.82, 2.24) is 0 Å². The van der Waals surface area contributed by atoms with Gasteiger partial charge in [-0.3, -0.25) is 0 Å². The normalized spacial score (nSPS) is 8.25. The molecule has 12 heavy (non-hydrogen) atoms. The van der Waals surface area contributed by atoms with Crippen molar-refractivity contribution in [3.63, 3.8) is 0 Å². The van der Waals surface area contributed by atoms with E-state index in [0.29, 0.717) is 0 Å². The zero-order valence-corrected chi connectivity index (χ0v) is 7.36. The Morgan fingerprint density at radius 1 is 1.25 bits per heavy atom. The van der Waals surface area contributed by atoms with Crippen molar-refractivity contribution in [2.24, 2.45) is 0 Å². The van der Waals surface area contributed by atoms with Crippen molar-refractivity contribution in [3.05, 3.63) is 30.3 Å². The molecule has 0 spiro atoms. The third-order valence-corrected chi connectivity index (χ3v) is 0.923. The molecule has 0 aliphatic heterocycles. The minimum atomic E-state index is 0.250. The Hall–Kier alpha value is -1.06. The molecule has 0 bridgehead atoms. The average molecular weight is 170 g/mol. The van der Waals surface area contributed by atoms with Crippen molar-refractivity contribution >= 4 is 0 Å². The molecule has 0 radical (unpaired) electrons. The summed E-state index contributed by atoms with van der Waals surface area (Å²) in [6.45, 7) is 1.93. The molecular weight excluding hydrogens is 156 g/mol. The Kier molecular flexibility index (Phi) is 7.33. The molecule has 0 atom stereocenters. The van der Waals surface area contributed by atoms with Crippen molar-refractivity contribution in [2.45, 2.75) is 6.92 Å². The molecule has 1 aromatic carbocycles. The lowest BCUT2D eigenvalue weighted by Gasteiger charge is -1.96. The molecule has 1 rings (SSSR count). The second kappa shape index (κ2) is 8.04. The van der Waals surface area contributed by atoms with E-state index in [-0.39, 0.29) is 6.61 Å². The van der Waals surface area contributed by atoms with Gasteiger partial charge in [-0.2, -0.15) is 4.89 Å². The van der Waals surface area contributed by atoms with Gasteiger partial charge in [0, 0.05) is 6.61 Å². The Bertz CT molecular complexity index is 174. The van der Waals surface area contributed by atoms with Crippen molar-refractivity contribution in [2.75, 3.05) is 13.7 Å². The highest BCUT2D eigenvalue weighted by atomic mass is 17.2. The minimum absolute atomic E-state index is 0.250. The highest BCUT2D eigenvalue weighted by molar-refractivity contribution is 5.19. The van der Waals surface area contributed by atoms with Crippen LogP contribution < -0.4 is 4.89 Å². The summed E-state index contributed by atoms with van der Waals surface area (Å²) < 4.78 is 0. The van der Waals surface area contributed by atoms with Gasteiger partial charge in [-0.1, -0.05) is 18.2 Å². The molecule has 0 amide bonds. The molecule has 1 N–H and O–H groups in total. The standard InChI is InChI=1S/C7H8O2.C2H6O/c1-8-9-7-5-3-2-4-6-7;1-2-3/h2-6H,1H3;3H,2H2,1H3. The van der Waals surface area contributed by atoms with Crippen LogP contribution in [-0.2, 0) is 4.89 Å². The first-order chi connectivity index (χ1) is 5.85. The van der Waals surface area contributed by atoms with Crippen LogP contribution in [-0.4, -0.2) is 18.8 Å². The van der Waals surface area contributed by atoms with Gasteiger partial charge in [0.15, 0.2) is 5.75 Å². The second-order valence-electron chi connectivity index (χ2n) is 1.88. The van der Waals surface area contributed by atoms with E-state index in [0.717, 1.165) is 5.75 Å². The fourth-order valence-electron chi connectivity index (χ4n) is 0.572. The predicted octanol–water partition coefficient (Wildman–Crippen LogP) is 1.63. The van der Waals surface area contributed by atoms with E-state index in [2.05, 4.69) is 4.89 Å². The molecule has 1 aromatic rings. The molecule has 0 fully saturated rings. The van der Waals surface area contributed by atoms with Gasteiger partial charge < -0.3 is 9.99 Å². The van der Waals surface area contributed by atoms with Crippen LogP contribution in [0, 0.1) is 0 Å². The number of aliphatic hydroxyl groups excluding tert-OH is 1.